The van der Waals surface area contributed by atoms with E-state index in [1.807, 2.05) is 0 Å². The van der Waals surface area contributed by atoms with Crippen LogP contribution in [0.4, 0.5) is 4.79 Å². The number of piperidine rings is 1. The average Bonchev–Trinajstić information content (AvgIpc) is 2.43. The number of nitrogens with one attached hydrogen (secondary N) is 1. The van der Waals surface area contributed by atoms with Crippen LogP contribution in [-0.4, -0.2) is 54.2 Å². The van der Waals surface area contributed by atoms with Gasteiger partial charge in [0.1, 0.15) is 0 Å². The van der Waals surface area contributed by atoms with E-state index >= 15 is 0 Å². The maximum atomic E-state index is 11.8. The summed E-state index contributed by atoms with van der Waals surface area (Å²) in [7, 11) is 0. The molecule has 0 unspecified atom stereocenters. The van der Waals surface area contributed by atoms with E-state index in [2.05, 4.69) is 5.32 Å². The molecule has 2 amide bonds. The van der Waals surface area contributed by atoms with Crippen LogP contribution in [0.1, 0.15) is 32.6 Å². The average molecular weight is 286 g/mol. The fraction of sp³-hybridized carbons (Fsp3) is 0.769. The third-order valence-corrected chi connectivity index (χ3v) is 3.20. The lowest BCUT2D eigenvalue weighted by Crippen LogP contribution is -2.47. The molecule has 0 bridgehead atoms. The van der Waals surface area contributed by atoms with Gasteiger partial charge in [0, 0.05) is 26.1 Å². The van der Waals surface area contributed by atoms with E-state index in [4.69, 9.17) is 9.84 Å². The van der Waals surface area contributed by atoms with Gasteiger partial charge in [0.15, 0.2) is 0 Å². The van der Waals surface area contributed by atoms with Gasteiger partial charge in [-0.05, 0) is 26.2 Å². The monoisotopic (exact) mass is 286 g/mol. The lowest BCUT2D eigenvalue weighted by molar-refractivity contribution is -0.144. The molecule has 0 aromatic rings. The van der Waals surface area contributed by atoms with E-state index < -0.39 is 11.9 Å². The fourth-order valence-electron chi connectivity index (χ4n) is 2.14. The molecule has 7 heteroatoms. The van der Waals surface area contributed by atoms with Crippen molar-refractivity contribution < 1.29 is 24.2 Å². The van der Waals surface area contributed by atoms with Crippen LogP contribution < -0.4 is 5.32 Å². The number of hydrogen-bond acceptors (Lipinski definition) is 4. The number of carboxylic acids is 1. The number of urea groups is 1. The molecule has 0 aliphatic carbocycles. The molecule has 1 saturated heterocycles. The number of carbonyl (C=O) groups is 3. The van der Waals surface area contributed by atoms with Gasteiger partial charge < -0.3 is 20.1 Å². The zero-order valence-corrected chi connectivity index (χ0v) is 11.8. The van der Waals surface area contributed by atoms with Crippen molar-refractivity contribution in [2.45, 2.75) is 32.6 Å². The highest BCUT2D eigenvalue weighted by Crippen LogP contribution is 2.16. The molecule has 114 valence electrons. The number of aliphatic carboxylic acids is 1. The summed E-state index contributed by atoms with van der Waals surface area (Å²) < 4.78 is 4.78. The van der Waals surface area contributed by atoms with E-state index in [-0.39, 0.29) is 25.0 Å². The summed E-state index contributed by atoms with van der Waals surface area (Å²) in [5.74, 6) is -1.61. The maximum Gasteiger partial charge on any atom is 0.317 e. The number of nitrogens with zero attached hydrogens (tertiary/aromatic N) is 1. The van der Waals surface area contributed by atoms with Crippen LogP contribution in [0.2, 0.25) is 0 Å². The van der Waals surface area contributed by atoms with Gasteiger partial charge >= 0.3 is 18.0 Å². The normalized spacial score (nSPS) is 18.4. The van der Waals surface area contributed by atoms with Crippen molar-refractivity contribution in [3.63, 3.8) is 0 Å². The van der Waals surface area contributed by atoms with Crippen molar-refractivity contribution in [3.05, 3.63) is 0 Å². The maximum absolute atomic E-state index is 11.8. The highest BCUT2D eigenvalue weighted by atomic mass is 16.5. The van der Waals surface area contributed by atoms with Crippen LogP contribution in [0.25, 0.3) is 0 Å². The minimum atomic E-state index is -0.857. The van der Waals surface area contributed by atoms with Gasteiger partial charge in [-0.2, -0.15) is 0 Å². The van der Waals surface area contributed by atoms with Crippen molar-refractivity contribution in [3.8, 4) is 0 Å². The molecule has 2 N–H and O–H groups in total. The number of likely N-dealkylation sites (tertiary alicyclic amines) is 1. The van der Waals surface area contributed by atoms with E-state index in [0.29, 0.717) is 39.0 Å². The minimum absolute atomic E-state index is 0.249. The van der Waals surface area contributed by atoms with Gasteiger partial charge in [0.05, 0.1) is 12.5 Å². The summed E-state index contributed by atoms with van der Waals surface area (Å²) in [5, 5.41) is 11.6. The molecule has 1 atom stereocenters. The van der Waals surface area contributed by atoms with E-state index in [1.54, 1.807) is 6.92 Å². The Hall–Kier alpha value is -1.79. The number of carbonyl (C=O) groups excluding carboxylic acids is 2. The minimum Gasteiger partial charge on any atom is -0.481 e. The second-order valence-corrected chi connectivity index (χ2v) is 4.76. The second kappa shape index (κ2) is 8.39. The third kappa shape index (κ3) is 5.46. The number of hydrogen-bond donors (Lipinski definition) is 2. The first-order valence-corrected chi connectivity index (χ1v) is 6.95. The summed E-state index contributed by atoms with van der Waals surface area (Å²) in [5.41, 5.74) is 0. The van der Waals surface area contributed by atoms with Crippen LogP contribution in [-0.2, 0) is 14.3 Å². The zero-order chi connectivity index (χ0) is 15.0. The molecule has 1 rings (SSSR count). The first-order chi connectivity index (χ1) is 9.54. The number of amides is 2. The lowest BCUT2D eigenvalue weighted by atomic mass is 9.99. The first kappa shape index (κ1) is 16.3. The molecule has 1 aliphatic heterocycles. The van der Waals surface area contributed by atoms with Crippen molar-refractivity contribution >= 4 is 18.0 Å². The van der Waals surface area contributed by atoms with Crippen molar-refractivity contribution in [2.24, 2.45) is 5.92 Å². The van der Waals surface area contributed by atoms with Crippen molar-refractivity contribution in [1.29, 1.82) is 0 Å². The topological polar surface area (TPSA) is 95.9 Å². The molecule has 1 heterocycles. The van der Waals surface area contributed by atoms with Crippen LogP contribution in [0, 0.1) is 5.92 Å². The molecular weight excluding hydrogens is 264 g/mol. The Morgan fingerprint density at radius 3 is 2.80 bits per heavy atom. The summed E-state index contributed by atoms with van der Waals surface area (Å²) in [4.78, 5) is 35.4. The number of rotatable bonds is 6. The predicted molar refractivity (Wildman–Crippen MR) is 71.2 cm³/mol. The highest BCUT2D eigenvalue weighted by molar-refractivity contribution is 5.76. The first-order valence-electron chi connectivity index (χ1n) is 6.95. The quantitative estimate of drug-likeness (QED) is 0.557. The zero-order valence-electron chi connectivity index (χ0n) is 11.8. The summed E-state index contributed by atoms with van der Waals surface area (Å²) in [6, 6.07) is -0.264. The van der Waals surface area contributed by atoms with E-state index in [1.165, 1.54) is 4.90 Å². The van der Waals surface area contributed by atoms with Gasteiger partial charge in [-0.3, -0.25) is 9.59 Å². The molecule has 0 aromatic heterocycles. The lowest BCUT2D eigenvalue weighted by Gasteiger charge is -2.30. The molecule has 1 aliphatic rings. The summed E-state index contributed by atoms with van der Waals surface area (Å²) in [6.07, 6.45) is 2.10. The molecule has 0 aromatic carbocycles. The SMILES string of the molecule is CCOC(=O)CCCNC(=O)N1CCC[C@@H](C(=O)O)C1. The second-order valence-electron chi connectivity index (χ2n) is 4.76. The standard InChI is InChI=1S/C13H22N2O5/c1-2-20-11(16)6-3-7-14-13(19)15-8-4-5-10(9-15)12(17)18/h10H,2-9H2,1H3,(H,14,19)(H,17,18)/t10-/m1/s1. The Kier molecular flexibility index (Phi) is 6.83. The third-order valence-electron chi connectivity index (χ3n) is 3.20. The molecule has 0 radical (unpaired) electrons. The molecule has 20 heavy (non-hydrogen) atoms. The van der Waals surface area contributed by atoms with Gasteiger partial charge in [-0.1, -0.05) is 0 Å². The van der Waals surface area contributed by atoms with Crippen molar-refractivity contribution in [1.82, 2.24) is 10.2 Å². The summed E-state index contributed by atoms with van der Waals surface area (Å²) in [6.45, 7) is 3.31. The van der Waals surface area contributed by atoms with Crippen LogP contribution in [0.3, 0.4) is 0 Å². The Bertz CT molecular complexity index is 359. The Morgan fingerprint density at radius 2 is 2.15 bits per heavy atom. The van der Waals surface area contributed by atoms with Gasteiger partial charge in [-0.15, -0.1) is 0 Å². The number of ether oxygens (including phenoxy) is 1. The number of carboxylic acid groups (broad SMARTS) is 1. The highest BCUT2D eigenvalue weighted by Gasteiger charge is 2.27. The van der Waals surface area contributed by atoms with Gasteiger partial charge in [-0.25, -0.2) is 4.79 Å². The smallest absolute Gasteiger partial charge is 0.317 e. The van der Waals surface area contributed by atoms with E-state index in [0.717, 1.165) is 0 Å². The van der Waals surface area contributed by atoms with Gasteiger partial charge in [0.2, 0.25) is 0 Å². The molecule has 0 spiro atoms. The van der Waals surface area contributed by atoms with E-state index in [9.17, 15) is 14.4 Å². The Morgan fingerprint density at radius 1 is 1.40 bits per heavy atom. The number of esters is 1. The molecule has 0 saturated carbocycles. The molecule has 1 fully saturated rings. The Labute approximate surface area is 118 Å². The van der Waals surface area contributed by atoms with Crippen LogP contribution in [0.5, 0.6) is 0 Å². The van der Waals surface area contributed by atoms with Crippen LogP contribution in [0.15, 0.2) is 0 Å². The van der Waals surface area contributed by atoms with Gasteiger partial charge in [0.25, 0.3) is 0 Å². The van der Waals surface area contributed by atoms with Crippen molar-refractivity contribution in [2.75, 3.05) is 26.2 Å². The fourth-order valence-corrected chi connectivity index (χ4v) is 2.14. The molecule has 7 nitrogen and oxygen atoms in total. The predicted octanol–water partition coefficient (Wildman–Crippen LogP) is 0.836. The summed E-state index contributed by atoms with van der Waals surface area (Å²) >= 11 is 0. The molecular formula is C13H22N2O5. The largest absolute Gasteiger partial charge is 0.481 e. The Balaban J connectivity index is 2.22. The van der Waals surface area contributed by atoms with Crippen LogP contribution >= 0.6 is 0 Å².